The molecule has 0 aliphatic heterocycles. The van der Waals surface area contributed by atoms with E-state index in [1.807, 2.05) is 24.5 Å². The molecule has 2 rings (SSSR count). The van der Waals surface area contributed by atoms with Crippen LogP contribution in [0, 0.1) is 5.92 Å². The Morgan fingerprint density at radius 1 is 1.12 bits per heavy atom. The molecule has 17 heavy (non-hydrogen) atoms. The van der Waals surface area contributed by atoms with Gasteiger partial charge in [0.25, 0.3) is 0 Å². The highest BCUT2D eigenvalue weighted by molar-refractivity contribution is 5.09. The first kappa shape index (κ1) is 12.6. The van der Waals surface area contributed by atoms with E-state index in [-0.39, 0.29) is 6.10 Å². The number of aryl methyl sites for hydroxylation is 1. The summed E-state index contributed by atoms with van der Waals surface area (Å²) in [4.78, 5) is 4.01. The Hall–Kier alpha value is -0.890. The molecule has 2 nitrogen and oxygen atoms in total. The highest BCUT2D eigenvalue weighted by Gasteiger charge is 2.20. The summed E-state index contributed by atoms with van der Waals surface area (Å²) in [6, 6.07) is 4.08. The summed E-state index contributed by atoms with van der Waals surface area (Å²) in [5, 5.41) is 10.2. The molecule has 0 spiro atoms. The van der Waals surface area contributed by atoms with Gasteiger partial charge in [0.1, 0.15) is 0 Å². The van der Waals surface area contributed by atoms with Gasteiger partial charge in [-0.3, -0.25) is 4.98 Å². The minimum absolute atomic E-state index is 0.110. The van der Waals surface area contributed by atoms with Crippen molar-refractivity contribution in [2.75, 3.05) is 0 Å². The van der Waals surface area contributed by atoms with Crippen molar-refractivity contribution in [1.82, 2.24) is 4.98 Å². The summed E-state index contributed by atoms with van der Waals surface area (Å²) in [6.07, 6.45) is 13.2. The molecule has 0 aromatic carbocycles. The molecule has 0 amide bonds. The first-order chi connectivity index (χ1) is 8.36. The van der Waals surface area contributed by atoms with Crippen LogP contribution in [-0.2, 0) is 6.42 Å². The van der Waals surface area contributed by atoms with Crippen LogP contribution in [0.2, 0.25) is 0 Å². The zero-order valence-corrected chi connectivity index (χ0v) is 10.5. The summed E-state index contributed by atoms with van der Waals surface area (Å²) >= 11 is 0. The first-order valence-corrected chi connectivity index (χ1v) is 6.93. The molecular weight excluding hydrogens is 210 g/mol. The van der Waals surface area contributed by atoms with Crippen LogP contribution >= 0.6 is 0 Å². The lowest BCUT2D eigenvalue weighted by Crippen LogP contribution is -2.20. The van der Waals surface area contributed by atoms with Crippen LogP contribution < -0.4 is 0 Å². The van der Waals surface area contributed by atoms with E-state index in [0.29, 0.717) is 5.92 Å². The molecule has 94 valence electrons. The molecule has 2 heteroatoms. The van der Waals surface area contributed by atoms with Crippen LogP contribution in [-0.4, -0.2) is 16.2 Å². The maximum Gasteiger partial charge on any atom is 0.0571 e. The predicted octanol–water partition coefficient (Wildman–Crippen LogP) is 3.35. The van der Waals surface area contributed by atoms with Crippen LogP contribution in [0.15, 0.2) is 24.5 Å². The molecule has 1 atom stereocenters. The summed E-state index contributed by atoms with van der Waals surface area (Å²) in [7, 11) is 0. The van der Waals surface area contributed by atoms with Gasteiger partial charge < -0.3 is 5.11 Å². The van der Waals surface area contributed by atoms with Crippen molar-refractivity contribution in [1.29, 1.82) is 0 Å². The summed E-state index contributed by atoms with van der Waals surface area (Å²) in [5.74, 6) is 0.541. The SMILES string of the molecule is OC(CCc1ccncc1)C1CCCCCC1. The van der Waals surface area contributed by atoms with Crippen molar-refractivity contribution in [3.63, 3.8) is 0 Å². The van der Waals surface area contributed by atoms with Crippen LogP contribution in [0.25, 0.3) is 0 Å². The summed E-state index contributed by atoms with van der Waals surface area (Å²) in [6.45, 7) is 0. The monoisotopic (exact) mass is 233 g/mol. The van der Waals surface area contributed by atoms with Gasteiger partial charge in [-0.15, -0.1) is 0 Å². The Kier molecular flexibility index (Phi) is 4.99. The van der Waals surface area contributed by atoms with E-state index in [1.165, 1.54) is 44.1 Å². The quantitative estimate of drug-likeness (QED) is 0.809. The smallest absolute Gasteiger partial charge is 0.0571 e. The molecule has 1 unspecified atom stereocenters. The number of pyridine rings is 1. The molecule has 1 heterocycles. The number of aromatic nitrogens is 1. The van der Waals surface area contributed by atoms with Gasteiger partial charge in [0, 0.05) is 12.4 Å². The van der Waals surface area contributed by atoms with E-state index in [2.05, 4.69) is 4.98 Å². The Balaban J connectivity index is 1.78. The lowest BCUT2D eigenvalue weighted by molar-refractivity contribution is 0.0904. The van der Waals surface area contributed by atoms with Crippen LogP contribution in [0.3, 0.4) is 0 Å². The third-order valence-electron chi connectivity index (χ3n) is 3.92. The highest BCUT2D eigenvalue weighted by atomic mass is 16.3. The fourth-order valence-electron chi connectivity index (χ4n) is 2.80. The van der Waals surface area contributed by atoms with E-state index in [0.717, 1.165) is 12.8 Å². The van der Waals surface area contributed by atoms with Gasteiger partial charge >= 0.3 is 0 Å². The summed E-state index contributed by atoms with van der Waals surface area (Å²) in [5.41, 5.74) is 1.28. The molecule has 1 N–H and O–H groups in total. The van der Waals surface area contributed by atoms with Crippen LogP contribution in [0.4, 0.5) is 0 Å². The van der Waals surface area contributed by atoms with Crippen LogP contribution in [0.5, 0.6) is 0 Å². The Labute approximate surface area is 104 Å². The van der Waals surface area contributed by atoms with Crippen molar-refractivity contribution in [2.24, 2.45) is 5.92 Å². The predicted molar refractivity (Wildman–Crippen MR) is 69.8 cm³/mol. The Morgan fingerprint density at radius 3 is 2.41 bits per heavy atom. The van der Waals surface area contributed by atoms with Crippen molar-refractivity contribution < 1.29 is 5.11 Å². The molecule has 1 aromatic rings. The average Bonchev–Trinajstić information content (AvgIpc) is 2.66. The van der Waals surface area contributed by atoms with Crippen molar-refractivity contribution in [3.8, 4) is 0 Å². The minimum Gasteiger partial charge on any atom is -0.393 e. The third-order valence-corrected chi connectivity index (χ3v) is 3.92. The molecule has 1 fully saturated rings. The normalized spacial score (nSPS) is 19.8. The molecule has 1 aliphatic rings. The van der Waals surface area contributed by atoms with Crippen molar-refractivity contribution in [3.05, 3.63) is 30.1 Å². The average molecular weight is 233 g/mol. The van der Waals surface area contributed by atoms with Gasteiger partial charge in [-0.1, -0.05) is 25.7 Å². The molecule has 0 radical (unpaired) electrons. The van der Waals surface area contributed by atoms with E-state index >= 15 is 0 Å². The number of aliphatic hydroxyl groups excluding tert-OH is 1. The van der Waals surface area contributed by atoms with Gasteiger partial charge in [0.05, 0.1) is 6.10 Å². The van der Waals surface area contributed by atoms with Gasteiger partial charge in [0.2, 0.25) is 0 Å². The van der Waals surface area contributed by atoms with Crippen molar-refractivity contribution in [2.45, 2.75) is 57.5 Å². The molecule has 1 aliphatic carbocycles. The Bertz CT molecular complexity index is 304. The number of nitrogens with zero attached hydrogens (tertiary/aromatic N) is 1. The molecule has 1 saturated carbocycles. The zero-order chi connectivity index (χ0) is 11.9. The third kappa shape index (κ3) is 4.12. The molecule has 0 saturated heterocycles. The molecule has 1 aromatic heterocycles. The van der Waals surface area contributed by atoms with Crippen molar-refractivity contribution >= 4 is 0 Å². The standard InChI is InChI=1S/C15H23NO/c17-15(14-5-3-1-2-4-6-14)8-7-13-9-11-16-12-10-13/h9-12,14-15,17H,1-8H2. The van der Waals surface area contributed by atoms with Crippen LogP contribution in [0.1, 0.15) is 50.5 Å². The number of hydrogen-bond donors (Lipinski definition) is 1. The lowest BCUT2D eigenvalue weighted by atomic mass is 9.90. The zero-order valence-electron chi connectivity index (χ0n) is 10.5. The second kappa shape index (κ2) is 6.75. The molecular formula is C15H23NO. The fourth-order valence-corrected chi connectivity index (χ4v) is 2.80. The van der Waals surface area contributed by atoms with Gasteiger partial charge in [-0.2, -0.15) is 0 Å². The number of hydrogen-bond acceptors (Lipinski definition) is 2. The second-order valence-corrected chi connectivity index (χ2v) is 5.21. The van der Waals surface area contributed by atoms with E-state index in [4.69, 9.17) is 0 Å². The Morgan fingerprint density at radius 2 is 1.76 bits per heavy atom. The van der Waals surface area contributed by atoms with Gasteiger partial charge in [-0.25, -0.2) is 0 Å². The molecule has 0 bridgehead atoms. The maximum absolute atomic E-state index is 10.2. The topological polar surface area (TPSA) is 33.1 Å². The maximum atomic E-state index is 10.2. The van der Waals surface area contributed by atoms with E-state index < -0.39 is 0 Å². The van der Waals surface area contributed by atoms with Gasteiger partial charge in [0.15, 0.2) is 0 Å². The summed E-state index contributed by atoms with van der Waals surface area (Å²) < 4.78 is 0. The largest absolute Gasteiger partial charge is 0.393 e. The van der Waals surface area contributed by atoms with Gasteiger partial charge in [-0.05, 0) is 49.3 Å². The lowest BCUT2D eigenvalue weighted by Gasteiger charge is -2.21. The highest BCUT2D eigenvalue weighted by Crippen LogP contribution is 2.27. The number of rotatable bonds is 4. The van der Waals surface area contributed by atoms with E-state index in [1.54, 1.807) is 0 Å². The second-order valence-electron chi connectivity index (χ2n) is 5.21. The van der Waals surface area contributed by atoms with E-state index in [9.17, 15) is 5.11 Å². The fraction of sp³-hybridized carbons (Fsp3) is 0.667. The minimum atomic E-state index is -0.110. The number of aliphatic hydroxyl groups is 1. The first-order valence-electron chi connectivity index (χ1n) is 6.93.